The Labute approximate surface area is 155 Å². The summed E-state index contributed by atoms with van der Waals surface area (Å²) < 4.78 is 6.80. The number of thiophene rings is 1. The van der Waals surface area contributed by atoms with Crippen LogP contribution < -0.4 is 5.32 Å². The van der Waals surface area contributed by atoms with Crippen molar-refractivity contribution in [2.45, 2.75) is 20.4 Å². The van der Waals surface area contributed by atoms with Crippen LogP contribution >= 0.6 is 11.3 Å². The number of nitrogens with one attached hydrogen (secondary N) is 1. The molecular formula is C19H19N3O3S. The molecule has 1 aromatic carbocycles. The Bertz CT molecular complexity index is 915. The summed E-state index contributed by atoms with van der Waals surface area (Å²) >= 11 is 1.29. The Kier molecular flexibility index (Phi) is 5.48. The minimum absolute atomic E-state index is 0.270. The van der Waals surface area contributed by atoms with E-state index in [0.29, 0.717) is 22.8 Å². The first-order valence-corrected chi connectivity index (χ1v) is 9.15. The molecular weight excluding hydrogens is 350 g/mol. The zero-order chi connectivity index (χ0) is 18.5. The van der Waals surface area contributed by atoms with E-state index in [1.54, 1.807) is 29.9 Å². The highest BCUT2D eigenvalue weighted by atomic mass is 32.1. The van der Waals surface area contributed by atoms with Crippen molar-refractivity contribution in [1.82, 2.24) is 9.78 Å². The number of carbonyl (C=O) groups excluding carboxylic acids is 2. The number of ether oxygens (including phenoxy) is 1. The predicted molar refractivity (Wildman–Crippen MR) is 102 cm³/mol. The number of amides is 1. The van der Waals surface area contributed by atoms with E-state index in [9.17, 15) is 9.59 Å². The Morgan fingerprint density at radius 2 is 1.96 bits per heavy atom. The van der Waals surface area contributed by atoms with E-state index in [0.717, 1.165) is 10.4 Å². The fraction of sp³-hybridized carbons (Fsp3) is 0.211. The number of aromatic nitrogens is 2. The van der Waals surface area contributed by atoms with Crippen molar-refractivity contribution in [3.63, 3.8) is 0 Å². The molecule has 0 aliphatic heterocycles. The summed E-state index contributed by atoms with van der Waals surface area (Å²) in [5.74, 6) is -0.811. The maximum Gasteiger partial charge on any atom is 0.350 e. The number of rotatable bonds is 6. The van der Waals surface area contributed by atoms with Crippen molar-refractivity contribution in [3.8, 4) is 10.4 Å². The van der Waals surface area contributed by atoms with Crippen LogP contribution in [0.1, 0.15) is 34.0 Å². The highest BCUT2D eigenvalue weighted by Gasteiger charge is 2.21. The molecule has 0 bridgehead atoms. The van der Waals surface area contributed by atoms with Crippen molar-refractivity contribution in [2.24, 2.45) is 0 Å². The lowest BCUT2D eigenvalue weighted by Gasteiger charge is -2.04. The zero-order valence-corrected chi connectivity index (χ0v) is 15.4. The van der Waals surface area contributed by atoms with Gasteiger partial charge < -0.3 is 10.1 Å². The second kappa shape index (κ2) is 7.97. The van der Waals surface area contributed by atoms with Gasteiger partial charge in [0, 0.05) is 17.6 Å². The molecule has 0 aliphatic carbocycles. The van der Waals surface area contributed by atoms with Crippen LogP contribution in [0.15, 0.2) is 48.7 Å². The van der Waals surface area contributed by atoms with Gasteiger partial charge in [0.2, 0.25) is 0 Å². The van der Waals surface area contributed by atoms with E-state index in [-0.39, 0.29) is 12.5 Å². The van der Waals surface area contributed by atoms with E-state index in [1.807, 2.05) is 37.3 Å². The molecule has 0 saturated carbocycles. The summed E-state index contributed by atoms with van der Waals surface area (Å²) in [4.78, 5) is 26.0. The minimum Gasteiger partial charge on any atom is -0.462 e. The van der Waals surface area contributed by atoms with Crippen molar-refractivity contribution in [3.05, 3.63) is 59.2 Å². The van der Waals surface area contributed by atoms with Gasteiger partial charge in [-0.25, -0.2) is 4.79 Å². The molecule has 1 amide bonds. The number of benzene rings is 1. The quantitative estimate of drug-likeness (QED) is 0.665. The average molecular weight is 369 g/mol. The first-order chi connectivity index (χ1) is 12.6. The van der Waals surface area contributed by atoms with Gasteiger partial charge in [0.1, 0.15) is 4.88 Å². The van der Waals surface area contributed by atoms with Crippen LogP contribution in [0, 0.1) is 0 Å². The summed E-state index contributed by atoms with van der Waals surface area (Å²) in [5, 5.41) is 6.98. The Morgan fingerprint density at radius 1 is 1.19 bits per heavy atom. The van der Waals surface area contributed by atoms with Crippen LogP contribution in [0.5, 0.6) is 0 Å². The van der Waals surface area contributed by atoms with E-state index in [1.165, 1.54) is 11.3 Å². The van der Waals surface area contributed by atoms with Crippen molar-refractivity contribution in [2.75, 3.05) is 11.9 Å². The fourth-order valence-electron chi connectivity index (χ4n) is 2.42. The van der Waals surface area contributed by atoms with Crippen LogP contribution in [-0.2, 0) is 11.3 Å². The normalized spacial score (nSPS) is 10.5. The Balaban J connectivity index is 1.92. The smallest absolute Gasteiger partial charge is 0.350 e. The van der Waals surface area contributed by atoms with Crippen molar-refractivity contribution < 1.29 is 14.3 Å². The van der Waals surface area contributed by atoms with Gasteiger partial charge in [-0.2, -0.15) is 5.10 Å². The molecule has 2 aromatic heterocycles. The molecule has 0 fully saturated rings. The molecule has 0 spiro atoms. The molecule has 0 radical (unpaired) electrons. The molecule has 2 heterocycles. The molecule has 134 valence electrons. The molecule has 7 heteroatoms. The highest BCUT2D eigenvalue weighted by Crippen LogP contribution is 2.35. The molecule has 0 unspecified atom stereocenters. The number of anilines is 1. The zero-order valence-electron chi connectivity index (χ0n) is 14.6. The minimum atomic E-state index is -0.450. The summed E-state index contributed by atoms with van der Waals surface area (Å²) in [6, 6.07) is 13.1. The van der Waals surface area contributed by atoms with E-state index < -0.39 is 5.97 Å². The third-order valence-electron chi connectivity index (χ3n) is 3.70. The third kappa shape index (κ3) is 3.83. The monoisotopic (exact) mass is 369 g/mol. The standard InChI is InChI=1S/C19H19N3O3S/c1-3-22-11-10-14(21-22)18(23)20-15-12-16(13-8-6-5-7-9-13)26-17(15)19(24)25-4-2/h5-12H,3-4H2,1-2H3,(H,20,23). The predicted octanol–water partition coefficient (Wildman–Crippen LogP) is 4.06. The maximum absolute atomic E-state index is 12.5. The molecule has 0 atom stereocenters. The van der Waals surface area contributed by atoms with Gasteiger partial charge in [0.25, 0.3) is 5.91 Å². The topological polar surface area (TPSA) is 73.2 Å². The second-order valence-electron chi connectivity index (χ2n) is 5.45. The first kappa shape index (κ1) is 17.9. The molecule has 26 heavy (non-hydrogen) atoms. The maximum atomic E-state index is 12.5. The van der Waals surface area contributed by atoms with Gasteiger partial charge in [-0.05, 0) is 31.5 Å². The van der Waals surface area contributed by atoms with Gasteiger partial charge in [-0.3, -0.25) is 9.48 Å². The Morgan fingerprint density at radius 3 is 2.62 bits per heavy atom. The van der Waals surface area contributed by atoms with Crippen molar-refractivity contribution >= 4 is 28.9 Å². The highest BCUT2D eigenvalue weighted by molar-refractivity contribution is 7.18. The van der Waals surface area contributed by atoms with Gasteiger partial charge >= 0.3 is 5.97 Å². The van der Waals surface area contributed by atoms with Crippen LogP contribution in [0.3, 0.4) is 0 Å². The van der Waals surface area contributed by atoms with Gasteiger partial charge in [0.15, 0.2) is 5.69 Å². The summed E-state index contributed by atoms with van der Waals surface area (Å²) in [5.41, 5.74) is 1.70. The lowest BCUT2D eigenvalue weighted by molar-refractivity contribution is 0.0533. The van der Waals surface area contributed by atoms with Crippen LogP contribution in [0.4, 0.5) is 5.69 Å². The lowest BCUT2D eigenvalue weighted by atomic mass is 10.2. The van der Waals surface area contributed by atoms with Crippen LogP contribution in [0.2, 0.25) is 0 Å². The second-order valence-corrected chi connectivity index (χ2v) is 6.50. The lowest BCUT2D eigenvalue weighted by Crippen LogP contribution is -2.15. The number of aryl methyl sites for hydroxylation is 1. The molecule has 3 aromatic rings. The molecule has 0 saturated heterocycles. The van der Waals surface area contributed by atoms with Crippen LogP contribution in [-0.4, -0.2) is 28.3 Å². The Hall–Kier alpha value is -2.93. The fourth-order valence-corrected chi connectivity index (χ4v) is 3.43. The van der Waals surface area contributed by atoms with Gasteiger partial charge in [0.05, 0.1) is 12.3 Å². The SMILES string of the molecule is CCOC(=O)c1sc(-c2ccccc2)cc1NC(=O)c1ccn(CC)n1. The van der Waals surface area contributed by atoms with E-state index in [2.05, 4.69) is 10.4 Å². The summed E-state index contributed by atoms with van der Waals surface area (Å²) in [6.07, 6.45) is 1.74. The van der Waals surface area contributed by atoms with Gasteiger partial charge in [-0.1, -0.05) is 30.3 Å². The molecule has 0 aliphatic rings. The molecule has 3 rings (SSSR count). The first-order valence-electron chi connectivity index (χ1n) is 8.33. The van der Waals surface area contributed by atoms with E-state index in [4.69, 9.17) is 4.74 Å². The summed E-state index contributed by atoms with van der Waals surface area (Å²) in [7, 11) is 0. The summed E-state index contributed by atoms with van der Waals surface area (Å²) in [6.45, 7) is 4.64. The van der Waals surface area contributed by atoms with Crippen molar-refractivity contribution in [1.29, 1.82) is 0 Å². The van der Waals surface area contributed by atoms with Crippen LogP contribution in [0.25, 0.3) is 10.4 Å². The number of nitrogens with zero attached hydrogens (tertiary/aromatic N) is 2. The molecule has 1 N–H and O–H groups in total. The number of carbonyl (C=O) groups is 2. The molecule has 6 nitrogen and oxygen atoms in total. The average Bonchev–Trinajstić information content (AvgIpc) is 3.30. The number of hydrogen-bond acceptors (Lipinski definition) is 5. The number of hydrogen-bond donors (Lipinski definition) is 1. The third-order valence-corrected chi connectivity index (χ3v) is 4.86. The largest absolute Gasteiger partial charge is 0.462 e. The number of esters is 1. The van der Waals surface area contributed by atoms with Gasteiger partial charge in [-0.15, -0.1) is 11.3 Å². The van der Waals surface area contributed by atoms with E-state index >= 15 is 0 Å².